The number of rotatable bonds is 6. The highest BCUT2D eigenvalue weighted by atomic mass is 16.5. The summed E-state index contributed by atoms with van der Waals surface area (Å²) in [7, 11) is 0. The number of carboxylic acid groups (broad SMARTS) is 1. The van der Waals surface area contributed by atoms with E-state index in [9.17, 15) is 9.90 Å². The molecule has 1 saturated heterocycles. The zero-order valence-electron chi connectivity index (χ0n) is 11.5. The van der Waals surface area contributed by atoms with Gasteiger partial charge in [0.1, 0.15) is 0 Å². The maximum atomic E-state index is 10.7. The molecule has 19 heavy (non-hydrogen) atoms. The minimum absolute atomic E-state index is 0.0508. The standard InChI is InChI=1S/C14H25NO4/c16-12(7-11-3-1-2-4-11)9-15-5-6-19-13(10-15)8-14(17)18/h11-13,16H,1-10H2,(H,17,18). The molecule has 110 valence electrons. The van der Waals surface area contributed by atoms with Crippen molar-refractivity contribution in [3.63, 3.8) is 0 Å². The van der Waals surface area contributed by atoms with Gasteiger partial charge in [0.25, 0.3) is 0 Å². The molecule has 2 aliphatic rings. The van der Waals surface area contributed by atoms with Gasteiger partial charge in [0.05, 0.1) is 25.2 Å². The predicted molar refractivity (Wildman–Crippen MR) is 71.0 cm³/mol. The van der Waals surface area contributed by atoms with Crippen molar-refractivity contribution in [2.45, 2.75) is 50.7 Å². The van der Waals surface area contributed by atoms with Crippen LogP contribution in [0.25, 0.3) is 0 Å². The van der Waals surface area contributed by atoms with Crippen molar-refractivity contribution in [3.05, 3.63) is 0 Å². The molecular weight excluding hydrogens is 246 g/mol. The van der Waals surface area contributed by atoms with Crippen molar-refractivity contribution < 1.29 is 19.7 Å². The second-order valence-electron chi connectivity index (χ2n) is 5.89. The van der Waals surface area contributed by atoms with Gasteiger partial charge in [-0.2, -0.15) is 0 Å². The van der Waals surface area contributed by atoms with Crippen molar-refractivity contribution in [2.75, 3.05) is 26.2 Å². The Morgan fingerprint density at radius 2 is 2.11 bits per heavy atom. The second-order valence-corrected chi connectivity index (χ2v) is 5.89. The molecule has 5 heteroatoms. The first-order valence-corrected chi connectivity index (χ1v) is 7.37. The van der Waals surface area contributed by atoms with Gasteiger partial charge in [-0.3, -0.25) is 9.69 Å². The van der Waals surface area contributed by atoms with Crippen molar-refractivity contribution in [2.24, 2.45) is 5.92 Å². The van der Waals surface area contributed by atoms with Gasteiger partial charge in [-0.15, -0.1) is 0 Å². The van der Waals surface area contributed by atoms with E-state index in [0.717, 1.165) is 13.0 Å². The third kappa shape index (κ3) is 5.09. The number of aliphatic carboxylic acids is 1. The minimum atomic E-state index is -0.821. The molecule has 0 bridgehead atoms. The molecule has 1 saturated carbocycles. The SMILES string of the molecule is O=C(O)CC1CN(CC(O)CC2CCCC2)CCO1. The summed E-state index contributed by atoms with van der Waals surface area (Å²) in [5, 5.41) is 18.9. The van der Waals surface area contributed by atoms with Gasteiger partial charge in [0, 0.05) is 19.6 Å². The maximum Gasteiger partial charge on any atom is 0.306 e. The molecule has 2 rings (SSSR count). The Morgan fingerprint density at radius 3 is 2.79 bits per heavy atom. The fraction of sp³-hybridized carbons (Fsp3) is 0.929. The van der Waals surface area contributed by atoms with Crippen LogP contribution in [0.2, 0.25) is 0 Å². The van der Waals surface area contributed by atoms with Gasteiger partial charge >= 0.3 is 5.97 Å². The van der Waals surface area contributed by atoms with Gasteiger partial charge in [0.15, 0.2) is 0 Å². The summed E-state index contributed by atoms with van der Waals surface area (Å²) < 4.78 is 5.43. The molecule has 2 unspecified atom stereocenters. The fourth-order valence-electron chi connectivity index (χ4n) is 3.27. The third-order valence-electron chi connectivity index (χ3n) is 4.17. The summed E-state index contributed by atoms with van der Waals surface area (Å²) in [6, 6.07) is 0. The second kappa shape index (κ2) is 7.22. The minimum Gasteiger partial charge on any atom is -0.481 e. The summed E-state index contributed by atoms with van der Waals surface area (Å²) in [6.45, 7) is 2.62. The quantitative estimate of drug-likeness (QED) is 0.757. The zero-order chi connectivity index (χ0) is 13.7. The van der Waals surface area contributed by atoms with Crippen LogP contribution < -0.4 is 0 Å². The molecule has 1 aliphatic carbocycles. The molecule has 2 atom stereocenters. The lowest BCUT2D eigenvalue weighted by Gasteiger charge is -2.33. The van der Waals surface area contributed by atoms with Crippen molar-refractivity contribution in [1.82, 2.24) is 4.90 Å². The Kier molecular flexibility index (Phi) is 5.60. The highest BCUT2D eigenvalue weighted by molar-refractivity contribution is 5.67. The van der Waals surface area contributed by atoms with E-state index in [4.69, 9.17) is 9.84 Å². The Morgan fingerprint density at radius 1 is 1.37 bits per heavy atom. The van der Waals surface area contributed by atoms with Gasteiger partial charge < -0.3 is 14.9 Å². The highest BCUT2D eigenvalue weighted by Crippen LogP contribution is 2.28. The lowest BCUT2D eigenvalue weighted by atomic mass is 9.99. The smallest absolute Gasteiger partial charge is 0.306 e. The van der Waals surface area contributed by atoms with Crippen LogP contribution in [-0.2, 0) is 9.53 Å². The van der Waals surface area contributed by atoms with Gasteiger partial charge in [-0.25, -0.2) is 0 Å². The summed E-state index contributed by atoms with van der Waals surface area (Å²) >= 11 is 0. The van der Waals surface area contributed by atoms with Gasteiger partial charge in [0.2, 0.25) is 0 Å². The van der Waals surface area contributed by atoms with Crippen LogP contribution in [0.15, 0.2) is 0 Å². The maximum absolute atomic E-state index is 10.7. The predicted octanol–water partition coefficient (Wildman–Crippen LogP) is 1.10. The number of hydrogen-bond acceptors (Lipinski definition) is 4. The van der Waals surface area contributed by atoms with E-state index in [1.165, 1.54) is 25.7 Å². The number of carboxylic acids is 1. The number of morpholine rings is 1. The Balaban J connectivity index is 1.70. The molecule has 1 aliphatic heterocycles. The highest BCUT2D eigenvalue weighted by Gasteiger charge is 2.25. The number of aliphatic hydroxyl groups excluding tert-OH is 1. The van der Waals surface area contributed by atoms with Crippen LogP contribution in [0, 0.1) is 5.92 Å². The number of hydrogen-bond donors (Lipinski definition) is 2. The third-order valence-corrected chi connectivity index (χ3v) is 4.17. The first kappa shape index (κ1) is 14.8. The molecule has 2 N–H and O–H groups in total. The molecule has 0 aromatic carbocycles. The van der Waals surface area contributed by atoms with Crippen LogP contribution in [0.3, 0.4) is 0 Å². The molecule has 5 nitrogen and oxygen atoms in total. The Hall–Kier alpha value is -0.650. The molecule has 0 aromatic rings. The van der Waals surface area contributed by atoms with E-state index < -0.39 is 5.97 Å². The number of nitrogens with zero attached hydrogens (tertiary/aromatic N) is 1. The first-order valence-electron chi connectivity index (χ1n) is 7.37. The van der Waals surface area contributed by atoms with Crippen molar-refractivity contribution >= 4 is 5.97 Å². The number of β-amino-alcohol motifs (C(OH)–C–C–N with tert-alkyl or cyclic N) is 1. The topological polar surface area (TPSA) is 70.0 Å². The Bertz CT molecular complexity index is 291. The van der Waals surface area contributed by atoms with Crippen molar-refractivity contribution in [1.29, 1.82) is 0 Å². The molecule has 0 radical (unpaired) electrons. The van der Waals surface area contributed by atoms with E-state index in [0.29, 0.717) is 25.6 Å². The van der Waals surface area contributed by atoms with Gasteiger partial charge in [-0.1, -0.05) is 25.7 Å². The normalized spacial score (nSPS) is 27.5. The average Bonchev–Trinajstić information content (AvgIpc) is 2.81. The van der Waals surface area contributed by atoms with E-state index in [-0.39, 0.29) is 18.6 Å². The lowest BCUT2D eigenvalue weighted by molar-refractivity contribution is -0.142. The van der Waals surface area contributed by atoms with E-state index in [1.807, 2.05) is 0 Å². The summed E-state index contributed by atoms with van der Waals surface area (Å²) in [5.74, 6) is -0.135. The summed E-state index contributed by atoms with van der Waals surface area (Å²) in [5.41, 5.74) is 0. The lowest BCUT2D eigenvalue weighted by Crippen LogP contribution is -2.46. The largest absolute Gasteiger partial charge is 0.481 e. The Labute approximate surface area is 114 Å². The van der Waals surface area contributed by atoms with Gasteiger partial charge in [-0.05, 0) is 12.3 Å². The van der Waals surface area contributed by atoms with Crippen molar-refractivity contribution in [3.8, 4) is 0 Å². The van der Waals surface area contributed by atoms with E-state index in [2.05, 4.69) is 4.90 Å². The molecule has 0 aromatic heterocycles. The molecule has 0 spiro atoms. The first-order chi connectivity index (χ1) is 9.13. The molecular formula is C14H25NO4. The molecule has 2 fully saturated rings. The molecule has 0 amide bonds. The number of ether oxygens (including phenoxy) is 1. The monoisotopic (exact) mass is 271 g/mol. The van der Waals surface area contributed by atoms with Crippen LogP contribution >= 0.6 is 0 Å². The number of aliphatic hydroxyl groups is 1. The fourth-order valence-corrected chi connectivity index (χ4v) is 3.27. The van der Waals surface area contributed by atoms with E-state index in [1.54, 1.807) is 0 Å². The number of carbonyl (C=O) groups is 1. The van der Waals surface area contributed by atoms with Crippen LogP contribution in [0.5, 0.6) is 0 Å². The molecule has 1 heterocycles. The summed E-state index contributed by atoms with van der Waals surface area (Å²) in [4.78, 5) is 12.8. The van der Waals surface area contributed by atoms with E-state index >= 15 is 0 Å². The van der Waals surface area contributed by atoms with Crippen LogP contribution in [-0.4, -0.2) is 59.5 Å². The summed E-state index contributed by atoms with van der Waals surface area (Å²) in [6.07, 6.45) is 5.53. The van der Waals surface area contributed by atoms with Crippen LogP contribution in [0.1, 0.15) is 38.5 Å². The average molecular weight is 271 g/mol. The zero-order valence-corrected chi connectivity index (χ0v) is 11.5. The van der Waals surface area contributed by atoms with Crippen LogP contribution in [0.4, 0.5) is 0 Å².